The lowest BCUT2D eigenvalue weighted by Crippen LogP contribution is -2.42. The molecule has 1 nitrogen and oxygen atoms in total. The van der Waals surface area contributed by atoms with Crippen LogP contribution >= 0.6 is 0 Å². The summed E-state index contributed by atoms with van der Waals surface area (Å²) in [5, 5.41) is 0. The number of hydrogen-bond donors (Lipinski definition) is 0. The maximum Gasteiger partial charge on any atom is 0.00534 e. The summed E-state index contributed by atoms with van der Waals surface area (Å²) in [4.78, 5) is 2.64. The molecule has 1 unspecified atom stereocenters. The fraction of sp³-hybridized carbons (Fsp3) is 0.364. The number of likely N-dealkylation sites (tertiary alicyclic amines) is 1. The summed E-state index contributed by atoms with van der Waals surface area (Å²) in [6, 6.07) is 20.7. The molecule has 1 aliphatic heterocycles. The summed E-state index contributed by atoms with van der Waals surface area (Å²) >= 11 is 0. The molecule has 0 radical (unpaired) electrons. The molecule has 0 spiro atoms. The van der Waals surface area contributed by atoms with Crippen LogP contribution in [-0.4, -0.2) is 24.0 Å². The van der Waals surface area contributed by atoms with Crippen LogP contribution in [0.2, 0.25) is 0 Å². The van der Waals surface area contributed by atoms with Crippen LogP contribution in [0.25, 0.3) is 5.57 Å². The highest BCUT2D eigenvalue weighted by Crippen LogP contribution is 2.42. The minimum atomic E-state index is 0.647. The zero-order valence-electron chi connectivity index (χ0n) is 14.1. The lowest BCUT2D eigenvalue weighted by molar-refractivity contribution is 0.171. The largest absolute Gasteiger partial charge is 0.300 e. The molecular weight excluding hydrogens is 278 g/mol. The van der Waals surface area contributed by atoms with Crippen LogP contribution < -0.4 is 0 Å². The average molecular weight is 303 g/mol. The van der Waals surface area contributed by atoms with Crippen LogP contribution in [0.5, 0.6) is 0 Å². The molecule has 0 N–H and O–H groups in total. The quantitative estimate of drug-likeness (QED) is 0.772. The third-order valence-electron chi connectivity index (χ3n) is 5.48. The van der Waals surface area contributed by atoms with Crippen molar-refractivity contribution in [2.24, 2.45) is 5.92 Å². The third kappa shape index (κ3) is 2.64. The Hall–Kier alpha value is -1.86. The number of fused-ring (bicyclic) bond motifs is 2. The Morgan fingerprint density at radius 2 is 1.70 bits per heavy atom. The van der Waals surface area contributed by atoms with Crippen molar-refractivity contribution in [2.45, 2.75) is 32.7 Å². The minimum absolute atomic E-state index is 0.647. The molecular formula is C22H25N. The van der Waals surface area contributed by atoms with E-state index in [1.54, 1.807) is 5.57 Å². The molecule has 23 heavy (non-hydrogen) atoms. The molecule has 1 aliphatic carbocycles. The number of piperidine rings is 1. The van der Waals surface area contributed by atoms with Crippen LogP contribution in [0.4, 0.5) is 0 Å². The van der Waals surface area contributed by atoms with Gasteiger partial charge in [0.05, 0.1) is 0 Å². The minimum Gasteiger partial charge on any atom is -0.300 e. The third-order valence-corrected chi connectivity index (χ3v) is 5.48. The van der Waals surface area contributed by atoms with Crippen molar-refractivity contribution in [1.82, 2.24) is 4.90 Å². The first kappa shape index (κ1) is 14.7. The van der Waals surface area contributed by atoms with Gasteiger partial charge >= 0.3 is 0 Å². The van der Waals surface area contributed by atoms with E-state index in [1.807, 2.05) is 0 Å². The fourth-order valence-electron chi connectivity index (χ4n) is 4.26. The van der Waals surface area contributed by atoms with E-state index >= 15 is 0 Å². The van der Waals surface area contributed by atoms with E-state index in [4.69, 9.17) is 0 Å². The van der Waals surface area contributed by atoms with Gasteiger partial charge in [0.1, 0.15) is 0 Å². The number of benzene rings is 2. The second-order valence-electron chi connectivity index (χ2n) is 7.16. The highest BCUT2D eigenvalue weighted by atomic mass is 15.2. The van der Waals surface area contributed by atoms with E-state index in [1.165, 1.54) is 48.2 Å². The molecule has 0 aromatic heterocycles. The first-order chi connectivity index (χ1) is 11.2. The summed E-state index contributed by atoms with van der Waals surface area (Å²) in [5.41, 5.74) is 7.57. The Labute approximate surface area is 139 Å². The van der Waals surface area contributed by atoms with Gasteiger partial charge in [-0.25, -0.2) is 0 Å². The van der Waals surface area contributed by atoms with Gasteiger partial charge in [-0.1, -0.05) is 60.2 Å². The molecule has 2 aromatic rings. The second kappa shape index (κ2) is 5.98. The SMILES string of the molecule is CC(C)N1CCC2=C(c3ccccc3)c3ccccc3CC2C1. The van der Waals surface area contributed by atoms with Gasteiger partial charge in [-0.2, -0.15) is 0 Å². The Bertz CT molecular complexity index is 727. The summed E-state index contributed by atoms with van der Waals surface area (Å²) in [6.45, 7) is 7.05. The molecule has 0 saturated carbocycles. The standard InChI is InChI=1S/C22H25N/c1-16(2)23-13-12-21-19(15-23)14-18-10-6-7-11-20(18)22(21)17-8-4-3-5-9-17/h3-11,16,19H,12-15H2,1-2H3. The van der Waals surface area contributed by atoms with Gasteiger partial charge < -0.3 is 4.90 Å². The first-order valence-corrected chi connectivity index (χ1v) is 8.85. The number of hydrogen-bond acceptors (Lipinski definition) is 1. The summed E-state index contributed by atoms with van der Waals surface area (Å²) < 4.78 is 0. The Morgan fingerprint density at radius 3 is 2.48 bits per heavy atom. The van der Waals surface area contributed by atoms with Crippen molar-refractivity contribution in [3.8, 4) is 0 Å². The molecule has 1 fully saturated rings. The maximum absolute atomic E-state index is 2.64. The van der Waals surface area contributed by atoms with Crippen molar-refractivity contribution in [3.05, 3.63) is 76.9 Å². The van der Waals surface area contributed by atoms with E-state index in [-0.39, 0.29) is 0 Å². The molecule has 118 valence electrons. The van der Waals surface area contributed by atoms with Gasteiger partial charge in [0, 0.05) is 19.1 Å². The molecule has 4 rings (SSSR count). The summed E-state index contributed by atoms with van der Waals surface area (Å²) in [6.07, 6.45) is 2.41. The molecule has 1 saturated heterocycles. The Kier molecular flexibility index (Phi) is 3.82. The van der Waals surface area contributed by atoms with Crippen molar-refractivity contribution in [3.63, 3.8) is 0 Å². The Balaban J connectivity index is 1.84. The van der Waals surface area contributed by atoms with E-state index in [2.05, 4.69) is 73.3 Å². The van der Waals surface area contributed by atoms with Crippen LogP contribution in [0.15, 0.2) is 60.2 Å². The summed E-state index contributed by atoms with van der Waals surface area (Å²) in [5.74, 6) is 0.677. The molecule has 1 atom stereocenters. The van der Waals surface area contributed by atoms with Crippen molar-refractivity contribution < 1.29 is 0 Å². The van der Waals surface area contributed by atoms with E-state index in [0.717, 1.165) is 0 Å². The van der Waals surface area contributed by atoms with E-state index in [0.29, 0.717) is 12.0 Å². The molecule has 1 heteroatoms. The first-order valence-electron chi connectivity index (χ1n) is 8.85. The van der Waals surface area contributed by atoms with Gasteiger partial charge in [0.25, 0.3) is 0 Å². The van der Waals surface area contributed by atoms with Gasteiger partial charge in [-0.05, 0) is 54.9 Å². The highest BCUT2D eigenvalue weighted by Gasteiger charge is 2.32. The second-order valence-corrected chi connectivity index (χ2v) is 7.16. The predicted molar refractivity (Wildman–Crippen MR) is 97.4 cm³/mol. The van der Waals surface area contributed by atoms with Gasteiger partial charge in [0.15, 0.2) is 0 Å². The fourth-order valence-corrected chi connectivity index (χ4v) is 4.26. The van der Waals surface area contributed by atoms with Crippen molar-refractivity contribution >= 4 is 5.57 Å². The molecule has 1 heterocycles. The number of nitrogens with zero attached hydrogens (tertiary/aromatic N) is 1. The smallest absolute Gasteiger partial charge is 0.00534 e. The van der Waals surface area contributed by atoms with Crippen LogP contribution in [0.3, 0.4) is 0 Å². The van der Waals surface area contributed by atoms with Crippen molar-refractivity contribution in [1.29, 1.82) is 0 Å². The van der Waals surface area contributed by atoms with Crippen molar-refractivity contribution in [2.75, 3.05) is 13.1 Å². The summed E-state index contributed by atoms with van der Waals surface area (Å²) in [7, 11) is 0. The number of rotatable bonds is 2. The molecule has 0 amide bonds. The monoisotopic (exact) mass is 303 g/mol. The zero-order chi connectivity index (χ0) is 15.8. The van der Waals surface area contributed by atoms with Gasteiger partial charge in [-0.3, -0.25) is 0 Å². The normalized spacial score (nSPS) is 21.3. The molecule has 0 bridgehead atoms. The van der Waals surface area contributed by atoms with Gasteiger partial charge in [-0.15, -0.1) is 0 Å². The van der Waals surface area contributed by atoms with Crippen LogP contribution in [-0.2, 0) is 6.42 Å². The molecule has 2 aromatic carbocycles. The highest BCUT2D eigenvalue weighted by molar-refractivity contribution is 5.85. The molecule has 2 aliphatic rings. The zero-order valence-corrected chi connectivity index (χ0v) is 14.1. The Morgan fingerprint density at radius 1 is 0.957 bits per heavy atom. The lowest BCUT2D eigenvalue weighted by Gasteiger charge is -2.41. The van der Waals surface area contributed by atoms with Crippen LogP contribution in [0, 0.1) is 5.92 Å². The topological polar surface area (TPSA) is 3.24 Å². The van der Waals surface area contributed by atoms with E-state index < -0.39 is 0 Å². The van der Waals surface area contributed by atoms with Crippen LogP contribution in [0.1, 0.15) is 37.0 Å². The average Bonchev–Trinajstić information content (AvgIpc) is 2.59. The lowest BCUT2D eigenvalue weighted by atomic mass is 9.73. The maximum atomic E-state index is 2.64. The van der Waals surface area contributed by atoms with E-state index in [9.17, 15) is 0 Å². The predicted octanol–water partition coefficient (Wildman–Crippen LogP) is 4.77. The van der Waals surface area contributed by atoms with Gasteiger partial charge in [0.2, 0.25) is 0 Å².